The molecule has 42 heavy (non-hydrogen) atoms. The maximum atomic E-state index is 13.9. The number of aryl methyl sites for hydroxylation is 2. The van der Waals surface area contributed by atoms with E-state index in [1.165, 1.54) is 12.1 Å². The molecule has 0 saturated heterocycles. The molecule has 0 saturated carbocycles. The van der Waals surface area contributed by atoms with E-state index < -0.39 is 17.7 Å². The minimum Gasteiger partial charge on any atom is -0.497 e. The molecule has 5 rings (SSSR count). The van der Waals surface area contributed by atoms with Crippen molar-refractivity contribution in [3.05, 3.63) is 119 Å². The second kappa shape index (κ2) is 11.6. The van der Waals surface area contributed by atoms with E-state index in [4.69, 9.17) is 9.47 Å². The number of esters is 1. The highest BCUT2D eigenvalue weighted by Crippen LogP contribution is 2.46. The van der Waals surface area contributed by atoms with Gasteiger partial charge in [-0.25, -0.2) is 4.79 Å². The van der Waals surface area contributed by atoms with Crippen molar-refractivity contribution in [3.63, 3.8) is 0 Å². The molecule has 0 aliphatic rings. The first-order valence-corrected chi connectivity index (χ1v) is 13.5. The Labute approximate surface area is 243 Å². The van der Waals surface area contributed by atoms with Gasteiger partial charge in [-0.3, -0.25) is 0 Å². The Morgan fingerprint density at radius 2 is 1.21 bits per heavy atom. The predicted octanol–water partition coefficient (Wildman–Crippen LogP) is 9.30. The topological polar surface area (TPSA) is 40.5 Å². The Morgan fingerprint density at radius 1 is 0.714 bits per heavy atom. The standard InChI is InChI=1S/C35H30F3NO3/c1-5-42-34(40)31-30(24-14-16-27(17-15-24)35(36,37)38)32(25-10-6-22(2)7-11-25)39(28-18-20-29(41-4)21-19-28)33(31)26-12-8-23(3)9-13-26/h6-21H,5H2,1-4H3. The molecular weight excluding hydrogens is 539 g/mol. The van der Waals surface area contributed by atoms with Gasteiger partial charge in [0.1, 0.15) is 5.75 Å². The van der Waals surface area contributed by atoms with Gasteiger partial charge in [-0.2, -0.15) is 13.2 Å². The Kier molecular flexibility index (Phi) is 7.94. The van der Waals surface area contributed by atoms with Crippen LogP contribution in [0.25, 0.3) is 39.3 Å². The van der Waals surface area contributed by atoms with Crippen LogP contribution in [0.5, 0.6) is 5.75 Å². The van der Waals surface area contributed by atoms with Gasteiger partial charge in [0.2, 0.25) is 0 Å². The van der Waals surface area contributed by atoms with E-state index in [9.17, 15) is 18.0 Å². The fourth-order valence-corrected chi connectivity index (χ4v) is 5.04. The van der Waals surface area contributed by atoms with Gasteiger partial charge in [0.05, 0.1) is 36.2 Å². The van der Waals surface area contributed by atoms with E-state index >= 15 is 0 Å². The molecule has 0 N–H and O–H groups in total. The lowest BCUT2D eigenvalue weighted by Crippen LogP contribution is -2.08. The van der Waals surface area contributed by atoms with E-state index in [-0.39, 0.29) is 12.2 Å². The van der Waals surface area contributed by atoms with Crippen LogP contribution in [0.1, 0.15) is 34.0 Å². The lowest BCUT2D eigenvalue weighted by Gasteiger charge is -2.16. The van der Waals surface area contributed by atoms with Gasteiger partial charge >= 0.3 is 12.1 Å². The largest absolute Gasteiger partial charge is 0.497 e. The highest BCUT2D eigenvalue weighted by molar-refractivity contribution is 6.09. The number of carbonyl (C=O) groups excluding carboxylic acids is 1. The Bertz CT molecular complexity index is 1700. The minimum atomic E-state index is -4.50. The molecule has 0 radical (unpaired) electrons. The first-order valence-electron chi connectivity index (χ1n) is 13.5. The number of nitrogens with zero attached hydrogens (tertiary/aromatic N) is 1. The van der Waals surface area contributed by atoms with Crippen molar-refractivity contribution in [2.45, 2.75) is 26.9 Å². The summed E-state index contributed by atoms with van der Waals surface area (Å²) in [5.41, 5.74) is 6.04. The normalized spacial score (nSPS) is 11.4. The monoisotopic (exact) mass is 569 g/mol. The second-order valence-electron chi connectivity index (χ2n) is 10.0. The third-order valence-corrected chi connectivity index (χ3v) is 7.13. The summed E-state index contributed by atoms with van der Waals surface area (Å²) in [5.74, 6) is 0.0943. The lowest BCUT2D eigenvalue weighted by atomic mass is 9.94. The zero-order valence-corrected chi connectivity index (χ0v) is 23.8. The molecular formula is C35H30F3NO3. The fraction of sp³-hybridized carbons (Fsp3) is 0.171. The summed E-state index contributed by atoms with van der Waals surface area (Å²) in [6, 6.07) is 28.0. The highest BCUT2D eigenvalue weighted by Gasteiger charge is 2.33. The van der Waals surface area contributed by atoms with E-state index in [2.05, 4.69) is 0 Å². The fourth-order valence-electron chi connectivity index (χ4n) is 5.04. The van der Waals surface area contributed by atoms with Crippen LogP contribution < -0.4 is 4.74 Å². The molecule has 7 heteroatoms. The molecule has 0 aliphatic carbocycles. The van der Waals surface area contributed by atoms with Crippen molar-refractivity contribution in [1.82, 2.24) is 4.57 Å². The summed E-state index contributed by atoms with van der Waals surface area (Å²) >= 11 is 0. The first-order chi connectivity index (χ1) is 20.1. The number of hydrogen-bond acceptors (Lipinski definition) is 3. The van der Waals surface area contributed by atoms with Crippen LogP contribution in [0.3, 0.4) is 0 Å². The zero-order valence-electron chi connectivity index (χ0n) is 23.8. The number of halogens is 3. The van der Waals surface area contributed by atoms with Crippen LogP contribution in [-0.4, -0.2) is 24.3 Å². The van der Waals surface area contributed by atoms with Crippen LogP contribution in [0, 0.1) is 13.8 Å². The van der Waals surface area contributed by atoms with Gasteiger partial charge in [0, 0.05) is 11.3 Å². The van der Waals surface area contributed by atoms with Gasteiger partial charge in [-0.1, -0.05) is 71.8 Å². The molecule has 0 aliphatic heterocycles. The summed E-state index contributed by atoms with van der Waals surface area (Å²) in [4.78, 5) is 13.9. The number of methoxy groups -OCH3 is 1. The third kappa shape index (κ3) is 5.55. The quantitative estimate of drug-likeness (QED) is 0.183. The molecule has 4 nitrogen and oxygen atoms in total. The number of hydrogen-bond donors (Lipinski definition) is 0. The van der Waals surface area contributed by atoms with Crippen LogP contribution >= 0.6 is 0 Å². The second-order valence-corrected chi connectivity index (χ2v) is 10.0. The number of aromatic nitrogens is 1. The van der Waals surface area contributed by atoms with Crippen LogP contribution in [0.4, 0.5) is 13.2 Å². The van der Waals surface area contributed by atoms with E-state index in [0.717, 1.165) is 40.1 Å². The Hall–Kier alpha value is -4.78. The minimum absolute atomic E-state index is 0.131. The van der Waals surface area contributed by atoms with Crippen molar-refractivity contribution >= 4 is 5.97 Å². The summed E-state index contributed by atoms with van der Waals surface area (Å²) in [5, 5.41) is 0. The van der Waals surface area contributed by atoms with Crippen molar-refractivity contribution in [2.75, 3.05) is 13.7 Å². The summed E-state index contributed by atoms with van der Waals surface area (Å²) in [7, 11) is 1.59. The maximum Gasteiger partial charge on any atom is 0.416 e. The summed E-state index contributed by atoms with van der Waals surface area (Å²) in [6.45, 7) is 5.81. The molecule has 1 aromatic heterocycles. The van der Waals surface area contributed by atoms with Crippen molar-refractivity contribution in [3.8, 4) is 45.1 Å². The molecule has 0 amide bonds. The van der Waals surface area contributed by atoms with E-state index in [1.807, 2.05) is 91.2 Å². The van der Waals surface area contributed by atoms with Gasteiger partial charge in [-0.15, -0.1) is 0 Å². The van der Waals surface area contributed by atoms with E-state index in [1.54, 1.807) is 14.0 Å². The van der Waals surface area contributed by atoms with Crippen molar-refractivity contribution in [1.29, 1.82) is 0 Å². The zero-order chi connectivity index (χ0) is 30.0. The summed E-state index contributed by atoms with van der Waals surface area (Å²) < 4.78 is 53.6. The van der Waals surface area contributed by atoms with Gasteiger partial charge in [0.15, 0.2) is 0 Å². The molecule has 0 unspecified atom stereocenters. The first kappa shape index (κ1) is 28.7. The van der Waals surface area contributed by atoms with Gasteiger partial charge < -0.3 is 14.0 Å². The molecule has 0 spiro atoms. The average Bonchev–Trinajstić information content (AvgIpc) is 3.34. The maximum absolute atomic E-state index is 13.9. The average molecular weight is 570 g/mol. The molecule has 0 atom stereocenters. The molecule has 0 bridgehead atoms. The molecule has 5 aromatic rings. The number of benzene rings is 4. The smallest absolute Gasteiger partial charge is 0.416 e. The van der Waals surface area contributed by atoms with Crippen LogP contribution in [-0.2, 0) is 10.9 Å². The number of carbonyl (C=O) groups is 1. The molecule has 4 aromatic carbocycles. The number of ether oxygens (including phenoxy) is 2. The van der Waals surface area contributed by atoms with Crippen LogP contribution in [0.2, 0.25) is 0 Å². The van der Waals surface area contributed by atoms with Crippen LogP contribution in [0.15, 0.2) is 97.1 Å². The SMILES string of the molecule is CCOC(=O)c1c(-c2ccc(C(F)(F)F)cc2)c(-c2ccc(C)cc2)n(-c2ccc(OC)cc2)c1-c1ccc(C)cc1. The number of rotatable bonds is 7. The van der Waals surface area contributed by atoms with Gasteiger partial charge in [-0.05, 0) is 73.9 Å². The molecule has 0 fully saturated rings. The number of alkyl halides is 3. The van der Waals surface area contributed by atoms with Crippen molar-refractivity contribution < 1.29 is 27.4 Å². The molecule has 1 heterocycles. The predicted molar refractivity (Wildman–Crippen MR) is 159 cm³/mol. The Morgan fingerprint density at radius 3 is 1.69 bits per heavy atom. The molecule has 214 valence electrons. The van der Waals surface area contributed by atoms with Gasteiger partial charge in [0.25, 0.3) is 0 Å². The Balaban J connectivity index is 1.96. The lowest BCUT2D eigenvalue weighted by molar-refractivity contribution is -0.137. The third-order valence-electron chi connectivity index (χ3n) is 7.13. The van der Waals surface area contributed by atoms with E-state index in [0.29, 0.717) is 28.3 Å². The highest BCUT2D eigenvalue weighted by atomic mass is 19.4. The van der Waals surface area contributed by atoms with Crippen molar-refractivity contribution in [2.24, 2.45) is 0 Å². The summed E-state index contributed by atoms with van der Waals surface area (Å²) in [6.07, 6.45) is -4.50.